The zero-order valence-corrected chi connectivity index (χ0v) is 11.6. The highest BCUT2D eigenvalue weighted by molar-refractivity contribution is 5.46. The van der Waals surface area contributed by atoms with E-state index >= 15 is 0 Å². The average molecular weight is 267 g/mol. The van der Waals surface area contributed by atoms with Crippen LogP contribution in [0.15, 0.2) is 54.6 Å². The zero-order chi connectivity index (χ0) is 13.8. The van der Waals surface area contributed by atoms with Gasteiger partial charge in [0.15, 0.2) is 0 Å². The van der Waals surface area contributed by atoms with Crippen LogP contribution in [0.4, 0.5) is 5.69 Å². The number of nitrogens with one attached hydrogen (secondary N) is 1. The second-order valence-electron chi connectivity index (χ2n) is 5.59. The van der Waals surface area contributed by atoms with Crippen molar-refractivity contribution in [2.45, 2.75) is 31.2 Å². The SMILES string of the molecule is OCCc1ccc(NC2CC(c3ccccc3)C2)cc1. The molecule has 0 unspecified atom stereocenters. The van der Waals surface area contributed by atoms with Gasteiger partial charge in [-0.2, -0.15) is 0 Å². The Bertz CT molecular complexity index is 529. The molecule has 20 heavy (non-hydrogen) atoms. The third kappa shape index (κ3) is 3.02. The lowest BCUT2D eigenvalue weighted by molar-refractivity contribution is 0.299. The van der Waals surface area contributed by atoms with Gasteiger partial charge >= 0.3 is 0 Å². The van der Waals surface area contributed by atoms with Crippen molar-refractivity contribution in [3.63, 3.8) is 0 Å². The van der Waals surface area contributed by atoms with Crippen LogP contribution in [0, 0.1) is 0 Å². The number of benzene rings is 2. The molecular weight excluding hydrogens is 246 g/mol. The smallest absolute Gasteiger partial charge is 0.0471 e. The van der Waals surface area contributed by atoms with Gasteiger partial charge in [0.2, 0.25) is 0 Å². The first-order valence-corrected chi connectivity index (χ1v) is 7.36. The van der Waals surface area contributed by atoms with Crippen LogP contribution in [0.25, 0.3) is 0 Å². The average Bonchev–Trinajstić information content (AvgIpc) is 2.45. The van der Waals surface area contributed by atoms with Crippen molar-refractivity contribution in [2.75, 3.05) is 11.9 Å². The maximum Gasteiger partial charge on any atom is 0.0471 e. The quantitative estimate of drug-likeness (QED) is 0.868. The molecule has 3 rings (SSSR count). The highest BCUT2D eigenvalue weighted by Crippen LogP contribution is 2.38. The fourth-order valence-corrected chi connectivity index (χ4v) is 2.87. The topological polar surface area (TPSA) is 32.3 Å². The van der Waals surface area contributed by atoms with E-state index in [4.69, 9.17) is 5.11 Å². The van der Waals surface area contributed by atoms with Crippen LogP contribution in [0.5, 0.6) is 0 Å². The molecular formula is C18H21NO. The molecule has 0 aromatic heterocycles. The van der Waals surface area contributed by atoms with Crippen LogP contribution in [-0.2, 0) is 6.42 Å². The summed E-state index contributed by atoms with van der Waals surface area (Å²) in [5, 5.41) is 12.5. The van der Waals surface area contributed by atoms with Gasteiger partial charge in [-0.05, 0) is 48.4 Å². The van der Waals surface area contributed by atoms with Gasteiger partial charge in [-0.1, -0.05) is 42.5 Å². The van der Waals surface area contributed by atoms with Crippen LogP contribution in [-0.4, -0.2) is 17.8 Å². The Morgan fingerprint density at radius 2 is 1.65 bits per heavy atom. The minimum absolute atomic E-state index is 0.216. The summed E-state index contributed by atoms with van der Waals surface area (Å²) >= 11 is 0. The van der Waals surface area contributed by atoms with E-state index < -0.39 is 0 Å². The lowest BCUT2D eigenvalue weighted by Gasteiger charge is -2.37. The molecule has 1 fully saturated rings. The molecule has 2 nitrogen and oxygen atoms in total. The minimum atomic E-state index is 0.216. The van der Waals surface area contributed by atoms with Crippen LogP contribution in [0.3, 0.4) is 0 Å². The number of hydrogen-bond donors (Lipinski definition) is 2. The van der Waals surface area contributed by atoms with Crippen molar-refractivity contribution >= 4 is 5.69 Å². The van der Waals surface area contributed by atoms with Crippen LogP contribution < -0.4 is 5.32 Å². The molecule has 0 spiro atoms. The van der Waals surface area contributed by atoms with E-state index in [1.54, 1.807) is 0 Å². The van der Waals surface area contributed by atoms with E-state index in [1.165, 1.54) is 29.7 Å². The first kappa shape index (κ1) is 13.2. The number of hydrogen-bond acceptors (Lipinski definition) is 2. The molecule has 2 heteroatoms. The summed E-state index contributed by atoms with van der Waals surface area (Å²) in [4.78, 5) is 0. The van der Waals surface area contributed by atoms with Crippen molar-refractivity contribution in [3.05, 3.63) is 65.7 Å². The van der Waals surface area contributed by atoms with E-state index in [9.17, 15) is 0 Å². The maximum absolute atomic E-state index is 8.90. The molecule has 0 amide bonds. The van der Waals surface area contributed by atoms with Gasteiger partial charge in [-0.3, -0.25) is 0 Å². The second kappa shape index (κ2) is 6.10. The fraction of sp³-hybridized carbons (Fsp3) is 0.333. The number of rotatable bonds is 5. The van der Waals surface area contributed by atoms with E-state index in [0.717, 1.165) is 6.42 Å². The number of anilines is 1. The second-order valence-corrected chi connectivity index (χ2v) is 5.59. The minimum Gasteiger partial charge on any atom is -0.396 e. The van der Waals surface area contributed by atoms with Crippen molar-refractivity contribution in [1.29, 1.82) is 0 Å². The number of aliphatic hydroxyl groups is 1. The molecule has 0 bridgehead atoms. The first-order chi connectivity index (χ1) is 9.85. The van der Waals surface area contributed by atoms with Gasteiger partial charge in [0.25, 0.3) is 0 Å². The Hall–Kier alpha value is -1.80. The number of aliphatic hydroxyl groups excluding tert-OH is 1. The Kier molecular flexibility index (Phi) is 4.03. The summed E-state index contributed by atoms with van der Waals surface area (Å²) in [6.45, 7) is 0.216. The van der Waals surface area contributed by atoms with Crippen molar-refractivity contribution in [3.8, 4) is 0 Å². The largest absolute Gasteiger partial charge is 0.396 e. The van der Waals surface area contributed by atoms with Gasteiger partial charge in [0.05, 0.1) is 0 Å². The van der Waals surface area contributed by atoms with Gasteiger partial charge in [-0.15, -0.1) is 0 Å². The Labute approximate surface area is 120 Å². The molecule has 0 aliphatic heterocycles. The molecule has 104 valence electrons. The molecule has 1 aliphatic carbocycles. The molecule has 2 aromatic rings. The molecule has 1 saturated carbocycles. The third-order valence-electron chi connectivity index (χ3n) is 4.13. The Balaban J connectivity index is 1.51. The first-order valence-electron chi connectivity index (χ1n) is 7.36. The van der Waals surface area contributed by atoms with E-state index in [1.807, 2.05) is 0 Å². The van der Waals surface area contributed by atoms with Gasteiger partial charge < -0.3 is 10.4 Å². The standard InChI is InChI=1S/C18H21NO/c20-11-10-14-6-8-17(9-7-14)19-18-12-16(13-18)15-4-2-1-3-5-15/h1-9,16,18-20H,10-13H2. The molecule has 0 heterocycles. The lowest BCUT2D eigenvalue weighted by Crippen LogP contribution is -2.33. The van der Waals surface area contributed by atoms with Crippen LogP contribution in [0.2, 0.25) is 0 Å². The Morgan fingerprint density at radius 3 is 2.30 bits per heavy atom. The summed E-state index contributed by atoms with van der Waals surface area (Å²) in [7, 11) is 0. The maximum atomic E-state index is 8.90. The van der Waals surface area contributed by atoms with Crippen LogP contribution >= 0.6 is 0 Å². The molecule has 0 radical (unpaired) electrons. The Morgan fingerprint density at radius 1 is 0.950 bits per heavy atom. The fourth-order valence-electron chi connectivity index (χ4n) is 2.87. The van der Waals surface area contributed by atoms with Crippen LogP contribution in [0.1, 0.15) is 29.9 Å². The molecule has 2 aromatic carbocycles. The van der Waals surface area contributed by atoms with E-state index in [0.29, 0.717) is 12.0 Å². The molecule has 0 saturated heterocycles. The normalized spacial score (nSPS) is 21.2. The molecule has 1 aliphatic rings. The monoisotopic (exact) mass is 267 g/mol. The van der Waals surface area contributed by atoms with Crippen molar-refractivity contribution < 1.29 is 5.11 Å². The predicted octanol–water partition coefficient (Wildman–Crippen LogP) is 3.58. The van der Waals surface area contributed by atoms with E-state index in [-0.39, 0.29) is 6.61 Å². The summed E-state index contributed by atoms with van der Waals surface area (Å²) in [5.74, 6) is 0.711. The van der Waals surface area contributed by atoms with E-state index in [2.05, 4.69) is 59.9 Å². The highest BCUT2D eigenvalue weighted by Gasteiger charge is 2.29. The zero-order valence-electron chi connectivity index (χ0n) is 11.6. The summed E-state index contributed by atoms with van der Waals surface area (Å²) < 4.78 is 0. The lowest BCUT2D eigenvalue weighted by atomic mass is 9.76. The summed E-state index contributed by atoms with van der Waals surface area (Å²) in [5.41, 5.74) is 3.83. The van der Waals surface area contributed by atoms with Gasteiger partial charge in [-0.25, -0.2) is 0 Å². The van der Waals surface area contributed by atoms with Crippen molar-refractivity contribution in [1.82, 2.24) is 0 Å². The van der Waals surface area contributed by atoms with Gasteiger partial charge in [0, 0.05) is 18.3 Å². The molecule has 0 atom stereocenters. The predicted molar refractivity (Wildman–Crippen MR) is 83.1 cm³/mol. The summed E-state index contributed by atoms with van der Waals surface area (Å²) in [6.07, 6.45) is 3.16. The molecule has 2 N–H and O–H groups in total. The highest BCUT2D eigenvalue weighted by atomic mass is 16.2. The third-order valence-corrected chi connectivity index (χ3v) is 4.13. The van der Waals surface area contributed by atoms with Crippen molar-refractivity contribution in [2.24, 2.45) is 0 Å². The summed E-state index contributed by atoms with van der Waals surface area (Å²) in [6, 6.07) is 19.8. The van der Waals surface area contributed by atoms with Gasteiger partial charge in [0.1, 0.15) is 0 Å².